The second-order valence-corrected chi connectivity index (χ2v) is 3.90. The normalized spacial score (nSPS) is 22.9. The molecule has 1 aliphatic rings. The van der Waals surface area contributed by atoms with Crippen molar-refractivity contribution in [3.05, 3.63) is 35.4 Å². The van der Waals surface area contributed by atoms with Crippen LogP contribution < -0.4 is 0 Å². The van der Waals surface area contributed by atoms with Gasteiger partial charge in [-0.25, -0.2) is 8.78 Å². The summed E-state index contributed by atoms with van der Waals surface area (Å²) in [6, 6.07) is 3.37. The Balaban J connectivity index is 2.08. The summed E-state index contributed by atoms with van der Waals surface area (Å²) in [7, 11) is 0. The van der Waals surface area contributed by atoms with Crippen LogP contribution >= 0.6 is 0 Å². The van der Waals surface area contributed by atoms with Gasteiger partial charge in [0.25, 0.3) is 0 Å². The van der Waals surface area contributed by atoms with E-state index in [1.807, 2.05) is 0 Å². The van der Waals surface area contributed by atoms with E-state index in [2.05, 4.69) is 0 Å². The van der Waals surface area contributed by atoms with E-state index in [4.69, 9.17) is 4.74 Å². The molecule has 1 fully saturated rings. The Kier molecular flexibility index (Phi) is 2.90. The monoisotopic (exact) mass is 226 g/mol. The lowest BCUT2D eigenvalue weighted by Gasteiger charge is -2.02. The fourth-order valence-corrected chi connectivity index (χ4v) is 1.86. The maximum Gasteiger partial charge on any atom is 0.309 e. The van der Waals surface area contributed by atoms with E-state index in [9.17, 15) is 13.6 Å². The fourth-order valence-electron chi connectivity index (χ4n) is 1.86. The van der Waals surface area contributed by atoms with Gasteiger partial charge in [0.1, 0.15) is 11.6 Å². The Morgan fingerprint density at radius 2 is 2.00 bits per heavy atom. The molecule has 4 heteroatoms. The van der Waals surface area contributed by atoms with Gasteiger partial charge in [-0.3, -0.25) is 4.79 Å². The molecule has 0 radical (unpaired) electrons. The second kappa shape index (κ2) is 4.20. The van der Waals surface area contributed by atoms with Crippen LogP contribution in [0.3, 0.4) is 0 Å². The lowest BCUT2D eigenvalue weighted by molar-refractivity contribution is -0.144. The van der Waals surface area contributed by atoms with Crippen LogP contribution in [0.2, 0.25) is 0 Å². The van der Waals surface area contributed by atoms with Gasteiger partial charge >= 0.3 is 5.97 Å². The predicted octanol–water partition coefficient (Wildman–Crippen LogP) is 2.63. The molecule has 2 rings (SSSR count). The second-order valence-electron chi connectivity index (χ2n) is 3.90. The average Bonchev–Trinajstić information content (AvgIpc) is 2.95. The SMILES string of the molecule is CCOC(=O)[C@@H]1C[C@H]1c1cc(F)cc(F)c1. The molecule has 0 aromatic heterocycles. The number of halogens is 2. The van der Waals surface area contributed by atoms with E-state index in [0.29, 0.717) is 18.6 Å². The predicted molar refractivity (Wildman–Crippen MR) is 53.8 cm³/mol. The van der Waals surface area contributed by atoms with Crippen molar-refractivity contribution in [2.24, 2.45) is 5.92 Å². The fraction of sp³-hybridized carbons (Fsp3) is 0.417. The van der Waals surface area contributed by atoms with Crippen molar-refractivity contribution in [1.29, 1.82) is 0 Å². The maximum absolute atomic E-state index is 12.9. The maximum atomic E-state index is 12.9. The van der Waals surface area contributed by atoms with E-state index < -0.39 is 11.6 Å². The zero-order valence-electron chi connectivity index (χ0n) is 8.87. The molecule has 2 nitrogen and oxygen atoms in total. The lowest BCUT2D eigenvalue weighted by Crippen LogP contribution is -2.07. The highest BCUT2D eigenvalue weighted by atomic mass is 19.1. The van der Waals surface area contributed by atoms with Gasteiger partial charge in [-0.2, -0.15) is 0 Å². The van der Waals surface area contributed by atoms with E-state index in [-0.39, 0.29) is 17.8 Å². The number of hydrogen-bond acceptors (Lipinski definition) is 2. The zero-order chi connectivity index (χ0) is 11.7. The topological polar surface area (TPSA) is 26.3 Å². The van der Waals surface area contributed by atoms with Gasteiger partial charge in [0.15, 0.2) is 0 Å². The minimum Gasteiger partial charge on any atom is -0.466 e. The molecule has 0 bridgehead atoms. The Bertz CT molecular complexity index is 397. The standard InChI is InChI=1S/C12H12F2O2/c1-2-16-12(15)11-6-10(11)7-3-8(13)5-9(14)4-7/h3-5,10-11H,2,6H2,1H3/t10-,11+/m0/s1. The number of hydrogen-bond donors (Lipinski definition) is 0. The third-order valence-electron chi connectivity index (χ3n) is 2.69. The van der Waals surface area contributed by atoms with Crippen LogP contribution in [0.25, 0.3) is 0 Å². The van der Waals surface area contributed by atoms with Crippen LogP contribution in [-0.2, 0) is 9.53 Å². The zero-order valence-corrected chi connectivity index (χ0v) is 8.87. The van der Waals surface area contributed by atoms with Crippen molar-refractivity contribution < 1.29 is 18.3 Å². The summed E-state index contributed by atoms with van der Waals surface area (Å²) in [6.07, 6.45) is 0.613. The molecule has 86 valence electrons. The minimum absolute atomic E-state index is 0.0933. The molecule has 1 aromatic rings. The molecular formula is C12H12F2O2. The number of carbonyl (C=O) groups is 1. The van der Waals surface area contributed by atoms with Crippen LogP contribution in [0.5, 0.6) is 0 Å². The van der Waals surface area contributed by atoms with E-state index in [0.717, 1.165) is 6.07 Å². The molecule has 0 unspecified atom stereocenters. The summed E-state index contributed by atoms with van der Waals surface area (Å²) in [5.41, 5.74) is 0.538. The van der Waals surface area contributed by atoms with Gasteiger partial charge in [-0.15, -0.1) is 0 Å². The van der Waals surface area contributed by atoms with Crippen molar-refractivity contribution in [1.82, 2.24) is 0 Å². The molecule has 0 N–H and O–H groups in total. The highest BCUT2D eigenvalue weighted by Crippen LogP contribution is 2.48. The minimum atomic E-state index is -0.607. The van der Waals surface area contributed by atoms with Crippen LogP contribution in [0.1, 0.15) is 24.8 Å². The molecule has 0 heterocycles. The van der Waals surface area contributed by atoms with Crippen LogP contribution in [0.4, 0.5) is 8.78 Å². The van der Waals surface area contributed by atoms with Gasteiger partial charge in [0.2, 0.25) is 0 Å². The van der Waals surface area contributed by atoms with Gasteiger partial charge in [0, 0.05) is 6.07 Å². The summed E-state index contributed by atoms with van der Waals surface area (Å²) in [6.45, 7) is 2.07. The van der Waals surface area contributed by atoms with Crippen molar-refractivity contribution in [2.45, 2.75) is 19.3 Å². The van der Waals surface area contributed by atoms with Crippen LogP contribution in [-0.4, -0.2) is 12.6 Å². The number of rotatable bonds is 3. The molecule has 0 aliphatic heterocycles. The smallest absolute Gasteiger partial charge is 0.309 e. The third-order valence-corrected chi connectivity index (χ3v) is 2.69. The van der Waals surface area contributed by atoms with Crippen LogP contribution in [0.15, 0.2) is 18.2 Å². The first kappa shape index (κ1) is 11.0. The largest absolute Gasteiger partial charge is 0.466 e. The molecule has 1 aliphatic carbocycles. The lowest BCUT2D eigenvalue weighted by atomic mass is 10.1. The first-order valence-corrected chi connectivity index (χ1v) is 5.24. The van der Waals surface area contributed by atoms with E-state index in [1.54, 1.807) is 6.92 Å². The molecule has 0 spiro atoms. The summed E-state index contributed by atoms with van der Waals surface area (Å²) in [4.78, 5) is 11.3. The number of benzene rings is 1. The molecular weight excluding hydrogens is 214 g/mol. The highest BCUT2D eigenvalue weighted by Gasteiger charge is 2.45. The average molecular weight is 226 g/mol. The Hall–Kier alpha value is -1.45. The Morgan fingerprint density at radius 3 is 2.56 bits per heavy atom. The highest BCUT2D eigenvalue weighted by molar-refractivity contribution is 5.77. The van der Waals surface area contributed by atoms with Crippen LogP contribution in [0, 0.1) is 17.6 Å². The van der Waals surface area contributed by atoms with Gasteiger partial charge in [-0.05, 0) is 37.0 Å². The van der Waals surface area contributed by atoms with E-state index in [1.165, 1.54) is 12.1 Å². The van der Waals surface area contributed by atoms with Crippen molar-refractivity contribution in [2.75, 3.05) is 6.61 Å². The van der Waals surface area contributed by atoms with E-state index >= 15 is 0 Å². The first-order chi connectivity index (χ1) is 7.61. The molecule has 1 aromatic carbocycles. The summed E-state index contributed by atoms with van der Waals surface area (Å²) in [5.74, 6) is -1.82. The molecule has 1 saturated carbocycles. The van der Waals surface area contributed by atoms with Gasteiger partial charge < -0.3 is 4.74 Å². The first-order valence-electron chi connectivity index (χ1n) is 5.24. The summed E-state index contributed by atoms with van der Waals surface area (Å²) in [5, 5.41) is 0. The number of esters is 1. The summed E-state index contributed by atoms with van der Waals surface area (Å²) >= 11 is 0. The quantitative estimate of drug-likeness (QED) is 0.740. The third kappa shape index (κ3) is 2.21. The van der Waals surface area contributed by atoms with Crippen molar-refractivity contribution in [3.8, 4) is 0 Å². The van der Waals surface area contributed by atoms with Crippen molar-refractivity contribution >= 4 is 5.97 Å². The number of ether oxygens (including phenoxy) is 1. The Labute approximate surface area is 92.2 Å². The van der Waals surface area contributed by atoms with Gasteiger partial charge in [0.05, 0.1) is 12.5 Å². The van der Waals surface area contributed by atoms with Crippen molar-refractivity contribution in [3.63, 3.8) is 0 Å². The molecule has 0 saturated heterocycles. The Morgan fingerprint density at radius 1 is 1.38 bits per heavy atom. The summed E-state index contributed by atoms with van der Waals surface area (Å²) < 4.78 is 30.7. The molecule has 16 heavy (non-hydrogen) atoms. The van der Waals surface area contributed by atoms with Gasteiger partial charge in [-0.1, -0.05) is 0 Å². The molecule has 0 amide bonds. The molecule has 2 atom stereocenters. The number of carbonyl (C=O) groups excluding carboxylic acids is 1.